The predicted molar refractivity (Wildman–Crippen MR) is 86.4 cm³/mol. The minimum Gasteiger partial charge on any atom is -0.376 e. The van der Waals surface area contributed by atoms with Crippen molar-refractivity contribution in [1.29, 1.82) is 0 Å². The van der Waals surface area contributed by atoms with Crippen LogP contribution in [-0.4, -0.2) is 44.6 Å². The van der Waals surface area contributed by atoms with Crippen molar-refractivity contribution in [3.63, 3.8) is 0 Å². The second kappa shape index (κ2) is 7.30. The van der Waals surface area contributed by atoms with Crippen LogP contribution in [0.4, 0.5) is 0 Å². The molecule has 0 bridgehead atoms. The first kappa shape index (κ1) is 17.7. The van der Waals surface area contributed by atoms with Gasteiger partial charge in [-0.05, 0) is 31.6 Å². The van der Waals surface area contributed by atoms with Gasteiger partial charge in [0.05, 0.1) is 12.7 Å². The van der Waals surface area contributed by atoms with Crippen LogP contribution in [0.2, 0.25) is 0 Å². The van der Waals surface area contributed by atoms with Crippen molar-refractivity contribution in [3.8, 4) is 0 Å². The lowest BCUT2D eigenvalue weighted by Crippen LogP contribution is -2.51. The minimum atomic E-state index is -3.38. The number of hydrogen-bond donors (Lipinski definition) is 1. The Balaban J connectivity index is 1.80. The summed E-state index contributed by atoms with van der Waals surface area (Å²) in [5, 5.41) is 2.78. The van der Waals surface area contributed by atoms with Crippen LogP contribution in [0.15, 0.2) is 0 Å². The SMILES string of the molecule is CC1CCCCC1OCCNC(=O)C1(S(C)(=O)=O)CCCC1. The van der Waals surface area contributed by atoms with Gasteiger partial charge in [-0.1, -0.05) is 32.6 Å². The van der Waals surface area contributed by atoms with E-state index in [1.165, 1.54) is 25.5 Å². The number of nitrogens with one attached hydrogen (secondary N) is 1. The molecule has 2 unspecified atom stereocenters. The zero-order valence-corrected chi connectivity index (χ0v) is 14.6. The molecule has 0 aromatic carbocycles. The van der Waals surface area contributed by atoms with Crippen molar-refractivity contribution in [3.05, 3.63) is 0 Å². The fraction of sp³-hybridized carbons (Fsp3) is 0.938. The van der Waals surface area contributed by atoms with Crippen LogP contribution in [0.25, 0.3) is 0 Å². The maximum absolute atomic E-state index is 12.4. The topological polar surface area (TPSA) is 72.5 Å². The molecule has 2 rings (SSSR count). The van der Waals surface area contributed by atoms with Crippen LogP contribution in [0.5, 0.6) is 0 Å². The van der Waals surface area contributed by atoms with Crippen LogP contribution >= 0.6 is 0 Å². The van der Waals surface area contributed by atoms with Gasteiger partial charge in [0.15, 0.2) is 9.84 Å². The fourth-order valence-corrected chi connectivity index (χ4v) is 5.22. The smallest absolute Gasteiger partial charge is 0.241 e. The third-order valence-electron chi connectivity index (χ3n) is 5.29. The molecule has 5 nitrogen and oxygen atoms in total. The zero-order valence-electron chi connectivity index (χ0n) is 13.8. The molecule has 2 saturated carbocycles. The first-order chi connectivity index (χ1) is 10.4. The lowest BCUT2D eigenvalue weighted by Gasteiger charge is -2.29. The number of carbonyl (C=O) groups excluding carboxylic acids is 1. The second-order valence-electron chi connectivity index (χ2n) is 6.90. The number of hydrogen-bond acceptors (Lipinski definition) is 4. The highest BCUT2D eigenvalue weighted by Gasteiger charge is 2.49. The van der Waals surface area contributed by atoms with Gasteiger partial charge < -0.3 is 10.1 Å². The summed E-state index contributed by atoms with van der Waals surface area (Å²) in [4.78, 5) is 12.4. The predicted octanol–water partition coefficient (Wildman–Crippen LogP) is 2.06. The van der Waals surface area contributed by atoms with E-state index in [9.17, 15) is 13.2 Å². The molecule has 128 valence electrons. The van der Waals surface area contributed by atoms with Gasteiger partial charge in [-0.2, -0.15) is 0 Å². The molecule has 1 amide bonds. The Morgan fingerprint density at radius 3 is 2.41 bits per heavy atom. The summed E-state index contributed by atoms with van der Waals surface area (Å²) in [7, 11) is -3.38. The maximum atomic E-state index is 12.4. The molecule has 2 atom stereocenters. The number of carbonyl (C=O) groups is 1. The van der Waals surface area contributed by atoms with Crippen molar-refractivity contribution in [1.82, 2.24) is 5.32 Å². The zero-order chi connectivity index (χ0) is 16.2. The molecule has 22 heavy (non-hydrogen) atoms. The van der Waals surface area contributed by atoms with Gasteiger partial charge in [-0.25, -0.2) is 8.42 Å². The van der Waals surface area contributed by atoms with Crippen LogP contribution in [0.3, 0.4) is 0 Å². The lowest BCUT2D eigenvalue weighted by molar-refractivity contribution is -0.124. The Morgan fingerprint density at radius 2 is 1.82 bits per heavy atom. The van der Waals surface area contributed by atoms with E-state index in [1.807, 2.05) is 0 Å². The molecule has 1 N–H and O–H groups in total. The summed E-state index contributed by atoms with van der Waals surface area (Å²) in [6.07, 6.45) is 8.71. The highest BCUT2D eigenvalue weighted by molar-refractivity contribution is 7.92. The maximum Gasteiger partial charge on any atom is 0.241 e. The molecular formula is C16H29NO4S. The van der Waals surface area contributed by atoms with Gasteiger partial charge in [-0.3, -0.25) is 4.79 Å². The molecule has 0 saturated heterocycles. The Kier molecular flexibility index (Phi) is 5.88. The van der Waals surface area contributed by atoms with Crippen molar-refractivity contribution >= 4 is 15.7 Å². The van der Waals surface area contributed by atoms with E-state index in [0.29, 0.717) is 31.9 Å². The highest BCUT2D eigenvalue weighted by atomic mass is 32.2. The molecule has 0 radical (unpaired) electrons. The minimum absolute atomic E-state index is 0.279. The molecule has 0 aromatic heterocycles. The molecule has 2 fully saturated rings. The van der Waals surface area contributed by atoms with Gasteiger partial charge in [-0.15, -0.1) is 0 Å². The standard InChI is InChI=1S/C16H29NO4S/c1-13-7-3-4-8-14(13)21-12-11-17-15(18)16(22(2,19)20)9-5-6-10-16/h13-14H,3-12H2,1-2H3,(H,17,18). The monoisotopic (exact) mass is 331 g/mol. The van der Waals surface area contributed by atoms with E-state index in [4.69, 9.17) is 4.74 Å². The number of ether oxygens (including phenoxy) is 1. The van der Waals surface area contributed by atoms with E-state index in [1.54, 1.807) is 0 Å². The van der Waals surface area contributed by atoms with Gasteiger partial charge >= 0.3 is 0 Å². The molecule has 0 aromatic rings. The van der Waals surface area contributed by atoms with Crippen molar-refractivity contribution in [2.45, 2.75) is 69.1 Å². The van der Waals surface area contributed by atoms with Gasteiger partial charge in [0.25, 0.3) is 0 Å². The van der Waals surface area contributed by atoms with E-state index >= 15 is 0 Å². The molecule has 2 aliphatic carbocycles. The highest BCUT2D eigenvalue weighted by Crippen LogP contribution is 2.36. The number of amides is 1. The molecular weight excluding hydrogens is 302 g/mol. The molecule has 2 aliphatic rings. The van der Waals surface area contributed by atoms with Crippen molar-refractivity contribution < 1.29 is 17.9 Å². The third-order valence-corrected chi connectivity index (χ3v) is 7.30. The molecule has 0 aliphatic heterocycles. The van der Waals surface area contributed by atoms with Gasteiger partial charge in [0.1, 0.15) is 4.75 Å². The Morgan fingerprint density at radius 1 is 1.18 bits per heavy atom. The first-order valence-corrected chi connectivity index (χ1v) is 10.4. The van der Waals surface area contributed by atoms with Crippen LogP contribution in [-0.2, 0) is 19.4 Å². The summed E-state index contributed by atoms with van der Waals surface area (Å²) in [5.41, 5.74) is 0. The third kappa shape index (κ3) is 3.82. The largest absolute Gasteiger partial charge is 0.376 e. The average Bonchev–Trinajstić information content (AvgIpc) is 2.95. The van der Waals surface area contributed by atoms with E-state index in [-0.39, 0.29) is 12.0 Å². The summed E-state index contributed by atoms with van der Waals surface area (Å²) in [6, 6.07) is 0. The quantitative estimate of drug-likeness (QED) is 0.756. The molecule has 0 spiro atoms. The van der Waals surface area contributed by atoms with Crippen LogP contribution < -0.4 is 5.32 Å². The number of rotatable bonds is 6. The van der Waals surface area contributed by atoms with E-state index in [2.05, 4.69) is 12.2 Å². The molecule has 0 heterocycles. The number of sulfone groups is 1. The summed E-state index contributed by atoms with van der Waals surface area (Å²) >= 11 is 0. The summed E-state index contributed by atoms with van der Waals surface area (Å²) < 4.78 is 28.7. The first-order valence-electron chi connectivity index (χ1n) is 8.46. The molecule has 6 heteroatoms. The normalized spacial score (nSPS) is 28.5. The summed E-state index contributed by atoms with van der Waals surface area (Å²) in [6.45, 7) is 3.06. The van der Waals surface area contributed by atoms with Crippen molar-refractivity contribution in [2.75, 3.05) is 19.4 Å². The Labute approximate surface area is 134 Å². The van der Waals surface area contributed by atoms with Crippen LogP contribution in [0.1, 0.15) is 58.3 Å². The van der Waals surface area contributed by atoms with E-state index < -0.39 is 14.6 Å². The lowest BCUT2D eigenvalue weighted by atomic mass is 9.88. The fourth-order valence-electron chi connectivity index (χ4n) is 3.78. The second-order valence-corrected chi connectivity index (χ2v) is 9.23. The van der Waals surface area contributed by atoms with Crippen molar-refractivity contribution in [2.24, 2.45) is 5.92 Å². The summed E-state index contributed by atoms with van der Waals surface area (Å²) in [5.74, 6) is 0.231. The van der Waals surface area contributed by atoms with Crippen LogP contribution in [0, 0.1) is 5.92 Å². The van der Waals surface area contributed by atoms with E-state index in [0.717, 1.165) is 19.3 Å². The van der Waals surface area contributed by atoms with Gasteiger partial charge in [0, 0.05) is 12.8 Å². The average molecular weight is 331 g/mol. The Bertz CT molecular complexity index is 482. The Hall–Kier alpha value is -0.620. The van der Waals surface area contributed by atoms with Gasteiger partial charge in [0.2, 0.25) is 5.91 Å².